The second-order valence-electron chi connectivity index (χ2n) is 10.7. The number of hydrogen-bond acceptors (Lipinski definition) is 7. The number of amides is 2. The Balaban J connectivity index is 1.65. The quantitative estimate of drug-likeness (QED) is 0.574. The summed E-state index contributed by atoms with van der Waals surface area (Å²) in [5, 5.41) is 2.89. The van der Waals surface area contributed by atoms with E-state index in [4.69, 9.17) is 4.74 Å². The van der Waals surface area contributed by atoms with Crippen molar-refractivity contribution in [3.05, 3.63) is 60.2 Å². The van der Waals surface area contributed by atoms with Crippen molar-refractivity contribution in [2.75, 3.05) is 35.4 Å². The number of ether oxygens (including phenoxy) is 1. The predicted octanol–water partition coefficient (Wildman–Crippen LogP) is 3.49. The predicted molar refractivity (Wildman–Crippen MR) is 153 cm³/mol. The molecule has 2 aromatic rings. The third kappa shape index (κ3) is 6.87. The summed E-state index contributed by atoms with van der Waals surface area (Å²) in [5.41, 5.74) is 1.89. The van der Waals surface area contributed by atoms with Crippen LogP contribution in [0.5, 0.6) is 0 Å². The van der Waals surface area contributed by atoms with Gasteiger partial charge in [-0.15, -0.1) is 0 Å². The summed E-state index contributed by atoms with van der Waals surface area (Å²) in [5.74, 6) is -0.498. The molecule has 1 N–H and O–H groups in total. The van der Waals surface area contributed by atoms with E-state index in [1.807, 2.05) is 78.5 Å². The van der Waals surface area contributed by atoms with Crippen LogP contribution in [0.25, 0.3) is 0 Å². The summed E-state index contributed by atoms with van der Waals surface area (Å²) < 4.78 is 30.2. The van der Waals surface area contributed by atoms with Crippen molar-refractivity contribution in [2.24, 2.45) is 4.99 Å². The minimum absolute atomic E-state index is 0.00306. The molecule has 204 valence electrons. The molecule has 4 rings (SSSR count). The molecule has 0 spiro atoms. The van der Waals surface area contributed by atoms with Crippen LogP contribution in [-0.2, 0) is 25.8 Å². The van der Waals surface area contributed by atoms with Crippen LogP contribution in [0.4, 0.5) is 16.2 Å². The lowest BCUT2D eigenvalue weighted by Crippen LogP contribution is -2.45. The van der Waals surface area contributed by atoms with Gasteiger partial charge in [-0.1, -0.05) is 42.1 Å². The number of fused-ring (bicyclic) bond motifs is 1. The topological polar surface area (TPSA) is 108 Å². The van der Waals surface area contributed by atoms with E-state index < -0.39 is 33.5 Å². The van der Waals surface area contributed by atoms with Crippen molar-refractivity contribution in [1.29, 1.82) is 0 Å². The van der Waals surface area contributed by atoms with Gasteiger partial charge in [0.1, 0.15) is 11.6 Å². The van der Waals surface area contributed by atoms with Gasteiger partial charge in [-0.25, -0.2) is 13.2 Å². The molecule has 2 heterocycles. The van der Waals surface area contributed by atoms with E-state index in [1.165, 1.54) is 11.8 Å². The highest BCUT2D eigenvalue weighted by Gasteiger charge is 2.49. The van der Waals surface area contributed by atoms with Crippen molar-refractivity contribution in [3.63, 3.8) is 0 Å². The molecule has 2 aromatic carbocycles. The van der Waals surface area contributed by atoms with Crippen molar-refractivity contribution in [3.8, 4) is 0 Å². The third-order valence-corrected chi connectivity index (χ3v) is 9.40. The monoisotopic (exact) mass is 558 g/mol. The molecule has 0 radical (unpaired) electrons. The van der Waals surface area contributed by atoms with E-state index >= 15 is 0 Å². The molecular weight excluding hydrogens is 524 g/mol. The zero-order valence-electron chi connectivity index (χ0n) is 22.2. The van der Waals surface area contributed by atoms with Crippen LogP contribution < -0.4 is 15.1 Å². The minimum atomic E-state index is -3.19. The fourth-order valence-corrected chi connectivity index (χ4v) is 8.37. The average Bonchev–Trinajstić information content (AvgIpc) is 3.28. The van der Waals surface area contributed by atoms with Crippen LogP contribution in [0, 0.1) is 0 Å². The van der Waals surface area contributed by atoms with Crippen molar-refractivity contribution in [1.82, 2.24) is 5.32 Å². The van der Waals surface area contributed by atoms with E-state index in [9.17, 15) is 18.0 Å². The van der Waals surface area contributed by atoms with Gasteiger partial charge in [-0.3, -0.25) is 4.79 Å². The van der Waals surface area contributed by atoms with Gasteiger partial charge >= 0.3 is 6.09 Å². The maximum absolute atomic E-state index is 13.5. The van der Waals surface area contributed by atoms with Gasteiger partial charge in [0.2, 0.25) is 0 Å². The summed E-state index contributed by atoms with van der Waals surface area (Å²) in [6.07, 6.45) is -0.468. The number of alkyl carbamates (subject to hydrolysis) is 1. The highest BCUT2D eigenvalue weighted by molar-refractivity contribution is 8.16. The number of aliphatic imine (C=N–C) groups is 1. The summed E-state index contributed by atoms with van der Waals surface area (Å²) in [6.45, 7) is 5.26. The number of benzene rings is 2. The number of thioether (sulfide) groups is 1. The first kappa shape index (κ1) is 28.0. The molecule has 0 aliphatic carbocycles. The Morgan fingerprint density at radius 3 is 2.37 bits per heavy atom. The Morgan fingerprint density at radius 2 is 1.76 bits per heavy atom. The van der Waals surface area contributed by atoms with Crippen LogP contribution in [0.2, 0.25) is 0 Å². The Hall–Kier alpha value is -3.05. The summed E-state index contributed by atoms with van der Waals surface area (Å²) in [7, 11) is 0.687. The number of nitrogens with zero attached hydrogens (tertiary/aromatic N) is 3. The maximum atomic E-state index is 13.5. The molecule has 2 aliphatic heterocycles. The molecule has 0 bridgehead atoms. The number of sulfone groups is 1. The summed E-state index contributed by atoms with van der Waals surface area (Å²) in [6, 6.07) is 15.8. The molecule has 0 saturated carbocycles. The third-order valence-electron chi connectivity index (χ3n) is 6.19. The second-order valence-corrected chi connectivity index (χ2v) is 14.1. The van der Waals surface area contributed by atoms with E-state index in [-0.39, 0.29) is 29.2 Å². The van der Waals surface area contributed by atoms with Gasteiger partial charge in [0.15, 0.2) is 15.0 Å². The fourth-order valence-electron chi connectivity index (χ4n) is 4.45. The zero-order valence-corrected chi connectivity index (χ0v) is 23.9. The molecule has 2 amide bonds. The molecule has 0 unspecified atom stereocenters. The number of rotatable bonds is 6. The maximum Gasteiger partial charge on any atom is 0.408 e. The van der Waals surface area contributed by atoms with Crippen molar-refractivity contribution in [2.45, 2.75) is 50.1 Å². The second kappa shape index (κ2) is 11.0. The number of nitrogens with one attached hydrogen (secondary N) is 1. The Morgan fingerprint density at radius 1 is 1.11 bits per heavy atom. The molecule has 0 aromatic heterocycles. The highest BCUT2D eigenvalue weighted by atomic mass is 32.2. The molecular formula is C27H34N4O5S2. The number of hydrogen-bond donors (Lipinski definition) is 1. The van der Waals surface area contributed by atoms with Gasteiger partial charge < -0.3 is 19.9 Å². The van der Waals surface area contributed by atoms with Crippen LogP contribution in [-0.4, -0.2) is 74.1 Å². The molecule has 2 saturated heterocycles. The number of amidine groups is 1. The molecule has 9 nitrogen and oxygen atoms in total. The lowest BCUT2D eigenvalue weighted by molar-refractivity contribution is -0.119. The van der Waals surface area contributed by atoms with Crippen molar-refractivity contribution >= 4 is 50.1 Å². The van der Waals surface area contributed by atoms with Crippen LogP contribution >= 0.6 is 11.8 Å². The average molecular weight is 559 g/mol. The number of carbonyl (C=O) groups is 2. The van der Waals surface area contributed by atoms with Gasteiger partial charge in [0.25, 0.3) is 5.91 Å². The van der Waals surface area contributed by atoms with Gasteiger partial charge in [-0.05, 0) is 50.6 Å². The SMILES string of the molecule is CN(C)c1ccc(N2C(=NC(=O)[C@H](Cc3ccccc3)NC(=O)OC(C)(C)C)S[C@H]3CS(=O)(=O)C[C@H]32)cc1. The molecule has 2 aliphatic rings. The van der Waals surface area contributed by atoms with Crippen LogP contribution in [0.1, 0.15) is 26.3 Å². The zero-order chi connectivity index (χ0) is 27.7. The molecule has 11 heteroatoms. The van der Waals surface area contributed by atoms with Crippen LogP contribution in [0.3, 0.4) is 0 Å². The van der Waals surface area contributed by atoms with E-state index in [0.29, 0.717) is 5.17 Å². The number of anilines is 2. The largest absolute Gasteiger partial charge is 0.444 e. The fraction of sp³-hybridized carbons (Fsp3) is 0.444. The standard InChI is InChI=1S/C27H34N4O5S2/c1-27(2,3)36-26(33)28-21(15-18-9-7-6-8-10-18)24(32)29-25-31(20-13-11-19(12-14-20)30(4)5)22-16-38(34,35)17-23(22)37-25/h6-14,21-23H,15-17H2,1-5H3,(H,28,33)/t21-,22+,23-/m0/s1. The van der Waals surface area contributed by atoms with Gasteiger partial charge in [0.05, 0.1) is 17.5 Å². The van der Waals surface area contributed by atoms with Gasteiger partial charge in [0, 0.05) is 37.1 Å². The Labute approximate surface area is 228 Å². The normalized spacial score (nSPS) is 22.1. The first-order chi connectivity index (χ1) is 17.8. The Bertz CT molecular complexity index is 1310. The Kier molecular flexibility index (Phi) is 8.08. The first-order valence-corrected chi connectivity index (χ1v) is 15.1. The van der Waals surface area contributed by atoms with E-state index in [1.54, 1.807) is 20.8 Å². The summed E-state index contributed by atoms with van der Waals surface area (Å²) >= 11 is 1.30. The lowest BCUT2D eigenvalue weighted by atomic mass is 10.1. The lowest BCUT2D eigenvalue weighted by Gasteiger charge is -2.26. The first-order valence-electron chi connectivity index (χ1n) is 12.4. The van der Waals surface area contributed by atoms with Crippen LogP contribution in [0.15, 0.2) is 59.6 Å². The van der Waals surface area contributed by atoms with E-state index in [0.717, 1.165) is 16.9 Å². The molecule has 3 atom stereocenters. The molecule has 2 fully saturated rings. The minimum Gasteiger partial charge on any atom is -0.444 e. The van der Waals surface area contributed by atoms with E-state index in [2.05, 4.69) is 10.3 Å². The molecule has 38 heavy (non-hydrogen) atoms. The van der Waals surface area contributed by atoms with Crippen molar-refractivity contribution < 1.29 is 22.7 Å². The highest BCUT2D eigenvalue weighted by Crippen LogP contribution is 2.41. The smallest absolute Gasteiger partial charge is 0.408 e. The van der Waals surface area contributed by atoms with Gasteiger partial charge in [-0.2, -0.15) is 4.99 Å². The summed E-state index contributed by atoms with van der Waals surface area (Å²) in [4.78, 5) is 34.4. The number of carbonyl (C=O) groups excluding carboxylic acids is 2.